The number of hydrogen-bond acceptors (Lipinski definition) is 2. The zero-order valence-electron chi connectivity index (χ0n) is 8.97. The van der Waals surface area contributed by atoms with E-state index >= 15 is 0 Å². The van der Waals surface area contributed by atoms with Crippen molar-refractivity contribution in [1.29, 1.82) is 0 Å². The topological polar surface area (TPSA) is 17.1 Å². The fraction of sp³-hybridized carbons (Fsp3) is 0.909. The van der Waals surface area contributed by atoms with E-state index in [-0.39, 0.29) is 0 Å². The van der Waals surface area contributed by atoms with Gasteiger partial charge in [-0.3, -0.25) is 4.79 Å². The molecule has 78 valence electrons. The largest absolute Gasteiger partial charge is 0.299 e. The standard InChI is InChI=1S/C11H22OS/c1-3-4-5-6-7-8-9-11(12)10-13-2/h3-10H2,1-2H3. The van der Waals surface area contributed by atoms with Crippen LogP contribution < -0.4 is 0 Å². The number of Topliss-reactive ketones (excluding diaryl/α,β-unsaturated/α-hetero) is 1. The van der Waals surface area contributed by atoms with E-state index in [0.717, 1.165) is 12.8 Å². The molecule has 0 amide bonds. The minimum Gasteiger partial charge on any atom is -0.299 e. The van der Waals surface area contributed by atoms with Crippen LogP contribution in [0.15, 0.2) is 0 Å². The predicted molar refractivity (Wildman–Crippen MR) is 61.4 cm³/mol. The van der Waals surface area contributed by atoms with Gasteiger partial charge in [0.1, 0.15) is 5.78 Å². The summed E-state index contributed by atoms with van der Waals surface area (Å²) in [4.78, 5) is 11.1. The fourth-order valence-corrected chi connectivity index (χ4v) is 1.80. The van der Waals surface area contributed by atoms with Gasteiger partial charge in [0.15, 0.2) is 0 Å². The van der Waals surface area contributed by atoms with Gasteiger partial charge in [-0.1, -0.05) is 39.0 Å². The lowest BCUT2D eigenvalue weighted by Gasteiger charge is -1.99. The minimum atomic E-state index is 0.419. The fourth-order valence-electron chi connectivity index (χ4n) is 1.34. The Hall–Kier alpha value is 0.0200. The Labute approximate surface area is 86.7 Å². The highest BCUT2D eigenvalue weighted by Gasteiger charge is 1.99. The van der Waals surface area contributed by atoms with Gasteiger partial charge >= 0.3 is 0 Å². The van der Waals surface area contributed by atoms with Crippen LogP contribution in [0.2, 0.25) is 0 Å². The van der Waals surface area contributed by atoms with E-state index in [2.05, 4.69) is 6.92 Å². The molecule has 0 bridgehead atoms. The van der Waals surface area contributed by atoms with E-state index in [1.807, 2.05) is 6.26 Å². The second-order valence-electron chi connectivity index (χ2n) is 3.49. The summed E-state index contributed by atoms with van der Waals surface area (Å²) < 4.78 is 0. The highest BCUT2D eigenvalue weighted by molar-refractivity contribution is 7.99. The van der Waals surface area contributed by atoms with Crippen molar-refractivity contribution in [2.24, 2.45) is 0 Å². The lowest BCUT2D eigenvalue weighted by Crippen LogP contribution is -2.00. The van der Waals surface area contributed by atoms with Gasteiger partial charge in [-0.2, -0.15) is 11.8 Å². The molecule has 0 aromatic heterocycles. The lowest BCUT2D eigenvalue weighted by atomic mass is 10.1. The van der Waals surface area contributed by atoms with Gasteiger partial charge in [-0.25, -0.2) is 0 Å². The van der Waals surface area contributed by atoms with Crippen molar-refractivity contribution in [3.63, 3.8) is 0 Å². The van der Waals surface area contributed by atoms with Crippen molar-refractivity contribution in [2.45, 2.75) is 51.9 Å². The Morgan fingerprint density at radius 2 is 1.69 bits per heavy atom. The van der Waals surface area contributed by atoms with E-state index < -0.39 is 0 Å². The van der Waals surface area contributed by atoms with Crippen LogP contribution in [0.4, 0.5) is 0 Å². The van der Waals surface area contributed by atoms with Crippen molar-refractivity contribution in [3.8, 4) is 0 Å². The summed E-state index contributed by atoms with van der Waals surface area (Å²) in [5.41, 5.74) is 0. The van der Waals surface area contributed by atoms with E-state index in [9.17, 15) is 4.79 Å². The maximum Gasteiger partial charge on any atom is 0.142 e. The highest BCUT2D eigenvalue weighted by Crippen LogP contribution is 2.08. The molecule has 0 spiro atoms. The molecule has 13 heavy (non-hydrogen) atoms. The summed E-state index contributed by atoms with van der Waals surface area (Å²) in [7, 11) is 0. The van der Waals surface area contributed by atoms with E-state index in [0.29, 0.717) is 11.5 Å². The van der Waals surface area contributed by atoms with Gasteiger partial charge in [0.25, 0.3) is 0 Å². The maximum atomic E-state index is 11.1. The van der Waals surface area contributed by atoms with Gasteiger partial charge < -0.3 is 0 Å². The molecule has 0 aromatic carbocycles. The van der Waals surface area contributed by atoms with Gasteiger partial charge in [0.2, 0.25) is 0 Å². The number of rotatable bonds is 9. The van der Waals surface area contributed by atoms with Crippen LogP contribution in [-0.2, 0) is 4.79 Å². The summed E-state index contributed by atoms with van der Waals surface area (Å²) in [6.07, 6.45) is 10.4. The van der Waals surface area contributed by atoms with E-state index in [1.165, 1.54) is 32.1 Å². The Kier molecular flexibility index (Phi) is 10.1. The first-order chi connectivity index (χ1) is 6.31. The molecule has 0 aliphatic heterocycles. The Morgan fingerprint density at radius 1 is 1.08 bits per heavy atom. The number of carbonyl (C=O) groups excluding carboxylic acids is 1. The molecule has 0 aliphatic carbocycles. The van der Waals surface area contributed by atoms with Crippen molar-refractivity contribution in [2.75, 3.05) is 12.0 Å². The molecule has 1 nitrogen and oxygen atoms in total. The maximum absolute atomic E-state index is 11.1. The third-order valence-corrected chi connectivity index (χ3v) is 2.73. The Bertz CT molecular complexity index is 123. The molecular formula is C11H22OS. The normalized spacial score (nSPS) is 10.3. The average Bonchev–Trinajstić information content (AvgIpc) is 2.11. The molecule has 2 heteroatoms. The summed E-state index contributed by atoms with van der Waals surface area (Å²) >= 11 is 1.63. The molecule has 0 heterocycles. The second-order valence-corrected chi connectivity index (χ2v) is 4.36. The smallest absolute Gasteiger partial charge is 0.142 e. The zero-order valence-corrected chi connectivity index (χ0v) is 9.79. The molecule has 0 rings (SSSR count). The quantitative estimate of drug-likeness (QED) is 0.531. The summed E-state index contributed by atoms with van der Waals surface area (Å²) in [5.74, 6) is 1.12. The van der Waals surface area contributed by atoms with Crippen molar-refractivity contribution < 1.29 is 4.79 Å². The SMILES string of the molecule is CCCCCCCCC(=O)CSC. The van der Waals surface area contributed by atoms with Crippen molar-refractivity contribution in [3.05, 3.63) is 0 Å². The Morgan fingerprint density at radius 3 is 2.31 bits per heavy atom. The van der Waals surface area contributed by atoms with Crippen LogP contribution in [-0.4, -0.2) is 17.8 Å². The summed E-state index contributed by atoms with van der Waals surface area (Å²) in [6, 6.07) is 0. The minimum absolute atomic E-state index is 0.419. The van der Waals surface area contributed by atoms with Crippen LogP contribution in [0, 0.1) is 0 Å². The van der Waals surface area contributed by atoms with Crippen LogP contribution in [0.5, 0.6) is 0 Å². The third-order valence-electron chi connectivity index (χ3n) is 2.11. The first-order valence-corrected chi connectivity index (χ1v) is 6.71. The second kappa shape index (κ2) is 10.1. The summed E-state index contributed by atoms with van der Waals surface area (Å²) in [6.45, 7) is 2.22. The highest BCUT2D eigenvalue weighted by atomic mass is 32.2. The Balaban J connectivity index is 3.02. The van der Waals surface area contributed by atoms with E-state index in [4.69, 9.17) is 0 Å². The number of ketones is 1. The molecule has 0 saturated heterocycles. The predicted octanol–water partition coefficient (Wildman–Crippen LogP) is 3.67. The molecule has 0 fully saturated rings. The van der Waals surface area contributed by atoms with Crippen LogP contribution in [0.25, 0.3) is 0 Å². The molecule has 0 atom stereocenters. The van der Waals surface area contributed by atoms with Gasteiger partial charge in [-0.05, 0) is 12.7 Å². The van der Waals surface area contributed by atoms with Crippen LogP contribution in [0.3, 0.4) is 0 Å². The van der Waals surface area contributed by atoms with E-state index in [1.54, 1.807) is 11.8 Å². The first-order valence-electron chi connectivity index (χ1n) is 5.32. The molecular weight excluding hydrogens is 180 g/mol. The van der Waals surface area contributed by atoms with Crippen LogP contribution in [0.1, 0.15) is 51.9 Å². The average molecular weight is 202 g/mol. The number of thioether (sulfide) groups is 1. The van der Waals surface area contributed by atoms with Crippen molar-refractivity contribution >= 4 is 17.5 Å². The molecule has 0 saturated carbocycles. The number of unbranched alkanes of at least 4 members (excludes halogenated alkanes) is 5. The first kappa shape index (κ1) is 13.0. The monoisotopic (exact) mass is 202 g/mol. The zero-order chi connectivity index (χ0) is 9.94. The molecule has 0 radical (unpaired) electrons. The third kappa shape index (κ3) is 9.94. The van der Waals surface area contributed by atoms with Gasteiger partial charge in [0.05, 0.1) is 5.75 Å². The number of carbonyl (C=O) groups is 1. The molecule has 0 unspecified atom stereocenters. The lowest BCUT2D eigenvalue weighted by molar-refractivity contribution is -0.116. The molecule has 0 aliphatic rings. The molecule has 0 N–H and O–H groups in total. The molecule has 0 aromatic rings. The van der Waals surface area contributed by atoms with Crippen molar-refractivity contribution in [1.82, 2.24) is 0 Å². The van der Waals surface area contributed by atoms with Gasteiger partial charge in [-0.15, -0.1) is 0 Å². The van der Waals surface area contributed by atoms with Gasteiger partial charge in [0, 0.05) is 6.42 Å². The van der Waals surface area contributed by atoms with Crippen LogP contribution >= 0.6 is 11.8 Å². The summed E-state index contributed by atoms with van der Waals surface area (Å²) in [5, 5.41) is 0. The number of hydrogen-bond donors (Lipinski definition) is 0.